The summed E-state index contributed by atoms with van der Waals surface area (Å²) in [6.07, 6.45) is 1.95. The van der Waals surface area contributed by atoms with E-state index in [1.54, 1.807) is 0 Å². The lowest BCUT2D eigenvalue weighted by atomic mass is 10.00. The molecule has 2 aliphatic rings. The van der Waals surface area contributed by atoms with Crippen molar-refractivity contribution in [3.8, 4) is 0 Å². The van der Waals surface area contributed by atoms with E-state index in [0.29, 0.717) is 17.8 Å². The number of rotatable bonds is 1. The molecular weight excluding hydrogens is 182 g/mol. The summed E-state index contributed by atoms with van der Waals surface area (Å²) in [4.78, 5) is 2.10. The molecule has 1 aliphatic carbocycles. The van der Waals surface area contributed by atoms with Crippen molar-refractivity contribution in [1.82, 2.24) is 20.6 Å². The molecule has 6 heteroatoms. The van der Waals surface area contributed by atoms with Crippen molar-refractivity contribution < 1.29 is 5.11 Å². The summed E-state index contributed by atoms with van der Waals surface area (Å²) in [5, 5.41) is 23.6. The number of anilines is 1. The second-order valence-corrected chi connectivity index (χ2v) is 4.19. The molecule has 1 aromatic heterocycles. The predicted molar refractivity (Wildman–Crippen MR) is 48.6 cm³/mol. The molecule has 2 fully saturated rings. The monoisotopic (exact) mass is 195 g/mol. The number of fused-ring (bicyclic) bond motifs is 1. The highest BCUT2D eigenvalue weighted by Gasteiger charge is 2.42. The Morgan fingerprint density at radius 3 is 3.00 bits per heavy atom. The normalized spacial score (nSPS) is 36.4. The van der Waals surface area contributed by atoms with Crippen molar-refractivity contribution >= 4 is 5.95 Å². The summed E-state index contributed by atoms with van der Waals surface area (Å²) in [6, 6.07) is 0. The van der Waals surface area contributed by atoms with E-state index in [1.807, 2.05) is 0 Å². The number of H-pyrrole nitrogens is 1. The largest absolute Gasteiger partial charge is 0.393 e. The van der Waals surface area contributed by atoms with Crippen molar-refractivity contribution in [3.63, 3.8) is 0 Å². The molecular formula is C8H13N5O. The van der Waals surface area contributed by atoms with E-state index < -0.39 is 0 Å². The van der Waals surface area contributed by atoms with Crippen molar-refractivity contribution in [2.45, 2.75) is 18.9 Å². The molecule has 3 rings (SSSR count). The molecule has 3 atom stereocenters. The number of aromatic amines is 1. The van der Waals surface area contributed by atoms with E-state index >= 15 is 0 Å². The van der Waals surface area contributed by atoms with Crippen molar-refractivity contribution in [2.75, 3.05) is 18.0 Å². The molecule has 0 aromatic carbocycles. The first kappa shape index (κ1) is 8.16. The summed E-state index contributed by atoms with van der Waals surface area (Å²) in [7, 11) is 0. The smallest absolute Gasteiger partial charge is 0.265 e. The Balaban J connectivity index is 1.77. The number of hydrogen-bond acceptors (Lipinski definition) is 5. The lowest BCUT2D eigenvalue weighted by Gasteiger charge is -2.15. The minimum Gasteiger partial charge on any atom is -0.393 e. The maximum absolute atomic E-state index is 9.72. The molecule has 1 aromatic rings. The Morgan fingerprint density at radius 1 is 1.36 bits per heavy atom. The zero-order valence-electron chi connectivity index (χ0n) is 7.80. The van der Waals surface area contributed by atoms with Gasteiger partial charge in [0.2, 0.25) is 0 Å². The van der Waals surface area contributed by atoms with Gasteiger partial charge in [-0.3, -0.25) is 0 Å². The first-order valence-corrected chi connectivity index (χ1v) is 5.01. The average Bonchev–Trinajstić information content (AvgIpc) is 2.83. The molecule has 6 nitrogen and oxygen atoms in total. The Labute approximate surface area is 81.3 Å². The second-order valence-electron chi connectivity index (χ2n) is 4.19. The third-order valence-corrected chi connectivity index (χ3v) is 3.44. The highest BCUT2D eigenvalue weighted by molar-refractivity contribution is 5.30. The maximum Gasteiger partial charge on any atom is 0.265 e. The van der Waals surface area contributed by atoms with Crippen LogP contribution in [0.2, 0.25) is 0 Å². The first-order chi connectivity index (χ1) is 6.84. The topological polar surface area (TPSA) is 77.9 Å². The number of nitrogens with one attached hydrogen (secondary N) is 1. The van der Waals surface area contributed by atoms with Gasteiger partial charge in [-0.1, -0.05) is 5.10 Å². The highest BCUT2D eigenvalue weighted by atomic mass is 16.3. The fraction of sp³-hybridized carbons (Fsp3) is 0.875. The van der Waals surface area contributed by atoms with Crippen LogP contribution < -0.4 is 4.90 Å². The van der Waals surface area contributed by atoms with E-state index in [1.165, 1.54) is 0 Å². The van der Waals surface area contributed by atoms with Crippen LogP contribution in [0.4, 0.5) is 5.95 Å². The molecule has 3 unspecified atom stereocenters. The SMILES string of the molecule is OC1CCC2CN(c3nn[nH]n3)CC12. The van der Waals surface area contributed by atoms with Gasteiger partial charge in [0, 0.05) is 19.0 Å². The molecule has 1 saturated carbocycles. The van der Waals surface area contributed by atoms with Gasteiger partial charge in [0.15, 0.2) is 0 Å². The van der Waals surface area contributed by atoms with Crippen LogP contribution >= 0.6 is 0 Å². The van der Waals surface area contributed by atoms with Crippen LogP contribution in [0.25, 0.3) is 0 Å². The summed E-state index contributed by atoms with van der Waals surface area (Å²) in [5.41, 5.74) is 0. The number of aliphatic hydroxyl groups excluding tert-OH is 1. The number of nitrogens with zero attached hydrogens (tertiary/aromatic N) is 4. The third kappa shape index (κ3) is 1.10. The molecule has 2 heterocycles. The highest BCUT2D eigenvalue weighted by Crippen LogP contribution is 2.38. The van der Waals surface area contributed by atoms with Gasteiger partial charge in [-0.15, -0.1) is 5.10 Å². The molecule has 2 N–H and O–H groups in total. The number of hydrogen-bond donors (Lipinski definition) is 2. The number of aromatic nitrogens is 4. The van der Waals surface area contributed by atoms with Gasteiger partial charge >= 0.3 is 0 Å². The van der Waals surface area contributed by atoms with E-state index in [4.69, 9.17) is 0 Å². The fourth-order valence-electron chi connectivity index (χ4n) is 2.69. The predicted octanol–water partition coefficient (Wildman–Crippen LogP) is -0.593. The summed E-state index contributed by atoms with van der Waals surface area (Å²) in [6.45, 7) is 1.83. The molecule has 1 saturated heterocycles. The van der Waals surface area contributed by atoms with E-state index in [9.17, 15) is 5.11 Å². The molecule has 1 aliphatic heterocycles. The molecule has 0 radical (unpaired) electrons. The van der Waals surface area contributed by atoms with Crippen LogP contribution in [0, 0.1) is 11.8 Å². The van der Waals surface area contributed by atoms with Gasteiger partial charge < -0.3 is 10.0 Å². The van der Waals surface area contributed by atoms with E-state index in [2.05, 4.69) is 25.5 Å². The minimum absolute atomic E-state index is 0.128. The summed E-state index contributed by atoms with van der Waals surface area (Å²) >= 11 is 0. The second kappa shape index (κ2) is 2.91. The number of aliphatic hydroxyl groups is 1. The lowest BCUT2D eigenvalue weighted by molar-refractivity contribution is 0.133. The number of tetrazole rings is 1. The van der Waals surface area contributed by atoms with Crippen LogP contribution in [0.15, 0.2) is 0 Å². The Hall–Kier alpha value is -1.17. The van der Waals surface area contributed by atoms with Gasteiger partial charge in [0.05, 0.1) is 6.10 Å². The van der Waals surface area contributed by atoms with Gasteiger partial charge in [0.1, 0.15) is 0 Å². The standard InChI is InChI=1S/C8H13N5O/c14-7-2-1-5-3-13(4-6(5)7)8-9-11-12-10-8/h5-7,14H,1-4H2,(H,9,10,11,12). The van der Waals surface area contributed by atoms with Gasteiger partial charge in [-0.25, -0.2) is 0 Å². The van der Waals surface area contributed by atoms with Crippen molar-refractivity contribution in [1.29, 1.82) is 0 Å². The van der Waals surface area contributed by atoms with Gasteiger partial charge in [-0.2, -0.15) is 5.21 Å². The van der Waals surface area contributed by atoms with Gasteiger partial charge in [-0.05, 0) is 24.0 Å². The van der Waals surface area contributed by atoms with Crippen LogP contribution in [0.1, 0.15) is 12.8 Å². The van der Waals surface area contributed by atoms with Crippen LogP contribution in [-0.4, -0.2) is 44.9 Å². The zero-order chi connectivity index (χ0) is 9.54. The van der Waals surface area contributed by atoms with Crippen LogP contribution in [0.5, 0.6) is 0 Å². The summed E-state index contributed by atoms with van der Waals surface area (Å²) < 4.78 is 0. The van der Waals surface area contributed by atoms with Crippen LogP contribution in [-0.2, 0) is 0 Å². The Kier molecular flexibility index (Phi) is 1.70. The van der Waals surface area contributed by atoms with Crippen molar-refractivity contribution in [3.05, 3.63) is 0 Å². The van der Waals surface area contributed by atoms with E-state index in [0.717, 1.165) is 25.9 Å². The minimum atomic E-state index is -0.128. The Bertz CT molecular complexity index is 314. The van der Waals surface area contributed by atoms with Crippen LogP contribution in [0.3, 0.4) is 0 Å². The first-order valence-electron chi connectivity index (χ1n) is 5.01. The quantitative estimate of drug-likeness (QED) is 0.626. The lowest BCUT2D eigenvalue weighted by Crippen LogP contribution is -2.25. The molecule has 76 valence electrons. The molecule has 0 bridgehead atoms. The summed E-state index contributed by atoms with van der Waals surface area (Å²) in [5.74, 6) is 1.68. The molecule has 0 amide bonds. The van der Waals surface area contributed by atoms with E-state index in [-0.39, 0.29) is 6.10 Å². The maximum atomic E-state index is 9.72. The third-order valence-electron chi connectivity index (χ3n) is 3.44. The average molecular weight is 195 g/mol. The fourth-order valence-corrected chi connectivity index (χ4v) is 2.69. The van der Waals surface area contributed by atoms with Gasteiger partial charge in [0.25, 0.3) is 5.95 Å². The Morgan fingerprint density at radius 2 is 2.29 bits per heavy atom. The van der Waals surface area contributed by atoms with Crippen molar-refractivity contribution in [2.24, 2.45) is 11.8 Å². The zero-order valence-corrected chi connectivity index (χ0v) is 7.80. The molecule has 0 spiro atoms. The molecule has 14 heavy (non-hydrogen) atoms.